The summed E-state index contributed by atoms with van der Waals surface area (Å²) >= 11 is 0. The van der Waals surface area contributed by atoms with Crippen LogP contribution in [0.1, 0.15) is 34.1 Å². The third-order valence-electron chi connectivity index (χ3n) is 0.996. The van der Waals surface area contributed by atoms with Gasteiger partial charge in [-0.1, -0.05) is 20.8 Å². The fourth-order valence-corrected chi connectivity index (χ4v) is 0.694. The van der Waals surface area contributed by atoms with Gasteiger partial charge in [0.15, 0.2) is 0 Å². The van der Waals surface area contributed by atoms with Crippen molar-refractivity contribution in [3.05, 3.63) is 6.54 Å². The molecule has 0 unspecified atom stereocenters. The second-order valence-electron chi connectivity index (χ2n) is 3.59. The Labute approximate surface area is 63.0 Å². The highest BCUT2D eigenvalue weighted by molar-refractivity contribution is 5.77. The molecule has 10 heavy (non-hydrogen) atoms. The molecule has 1 amide bonds. The Hall–Kier alpha value is -0.530. The first-order valence-electron chi connectivity index (χ1n) is 3.53. The zero-order chi connectivity index (χ0) is 8.20. The van der Waals surface area contributed by atoms with Crippen molar-refractivity contribution < 1.29 is 4.79 Å². The molecule has 0 aromatic carbocycles. The maximum absolute atomic E-state index is 10.9. The quantitative estimate of drug-likeness (QED) is 0.625. The van der Waals surface area contributed by atoms with E-state index in [2.05, 4.69) is 5.32 Å². The number of carbonyl (C=O) groups excluding carboxylic acids is 1. The summed E-state index contributed by atoms with van der Waals surface area (Å²) in [4.78, 5) is 10.9. The van der Waals surface area contributed by atoms with E-state index in [0.29, 0.717) is 6.42 Å². The third-order valence-corrected chi connectivity index (χ3v) is 0.996. The number of nitrogens with one attached hydrogen (secondary N) is 1. The molecule has 0 aliphatic rings. The molecule has 0 bridgehead atoms. The van der Waals surface area contributed by atoms with Gasteiger partial charge in [-0.25, -0.2) is 0 Å². The van der Waals surface area contributed by atoms with Crippen LogP contribution in [0.2, 0.25) is 0 Å². The lowest BCUT2D eigenvalue weighted by atomic mass is 9.92. The van der Waals surface area contributed by atoms with Gasteiger partial charge >= 0.3 is 0 Å². The molecule has 0 heterocycles. The smallest absolute Gasteiger partial charge is 0.220 e. The van der Waals surface area contributed by atoms with Crippen LogP contribution in [0.5, 0.6) is 0 Å². The minimum Gasteiger partial charge on any atom is -0.352 e. The SMILES string of the molecule is C[CH]NC(=O)CC(C)(C)C. The highest BCUT2D eigenvalue weighted by Gasteiger charge is 2.14. The molecule has 0 aliphatic carbocycles. The molecule has 1 radical (unpaired) electrons. The first kappa shape index (κ1) is 9.47. The Balaban J connectivity index is 3.58. The van der Waals surface area contributed by atoms with E-state index in [4.69, 9.17) is 0 Å². The average Bonchev–Trinajstić information content (AvgIpc) is 1.59. The summed E-state index contributed by atoms with van der Waals surface area (Å²) in [6.45, 7) is 9.60. The molecule has 2 nitrogen and oxygen atoms in total. The summed E-state index contributed by atoms with van der Waals surface area (Å²) in [7, 11) is 0. The van der Waals surface area contributed by atoms with E-state index in [0.717, 1.165) is 0 Å². The second-order valence-corrected chi connectivity index (χ2v) is 3.59. The van der Waals surface area contributed by atoms with E-state index < -0.39 is 0 Å². The van der Waals surface area contributed by atoms with Gasteiger partial charge < -0.3 is 5.32 Å². The van der Waals surface area contributed by atoms with Crippen LogP contribution in [-0.4, -0.2) is 5.91 Å². The van der Waals surface area contributed by atoms with Gasteiger partial charge in [0.2, 0.25) is 5.91 Å². The van der Waals surface area contributed by atoms with Crippen LogP contribution < -0.4 is 5.32 Å². The predicted octanol–water partition coefficient (Wildman–Crippen LogP) is 1.72. The van der Waals surface area contributed by atoms with Crippen molar-refractivity contribution in [2.45, 2.75) is 34.1 Å². The summed E-state index contributed by atoms with van der Waals surface area (Å²) < 4.78 is 0. The summed E-state index contributed by atoms with van der Waals surface area (Å²) in [5.74, 6) is 0.0926. The van der Waals surface area contributed by atoms with Crippen molar-refractivity contribution in [3.63, 3.8) is 0 Å². The van der Waals surface area contributed by atoms with Crippen LogP contribution in [0.3, 0.4) is 0 Å². The Morgan fingerprint density at radius 3 is 2.30 bits per heavy atom. The number of rotatable bonds is 2. The Bertz CT molecular complexity index is 113. The molecule has 0 atom stereocenters. The van der Waals surface area contributed by atoms with Crippen LogP contribution in [0.15, 0.2) is 0 Å². The molecule has 0 aromatic heterocycles. The maximum Gasteiger partial charge on any atom is 0.220 e. The summed E-state index contributed by atoms with van der Waals surface area (Å²) in [6.07, 6.45) is 0.581. The largest absolute Gasteiger partial charge is 0.352 e. The van der Waals surface area contributed by atoms with Crippen LogP contribution >= 0.6 is 0 Å². The van der Waals surface area contributed by atoms with E-state index in [1.54, 1.807) is 13.5 Å². The number of carbonyl (C=O) groups is 1. The predicted molar refractivity (Wildman–Crippen MR) is 42.2 cm³/mol. The van der Waals surface area contributed by atoms with Gasteiger partial charge in [-0.05, 0) is 12.3 Å². The molecule has 0 rings (SSSR count). The summed E-state index contributed by atoms with van der Waals surface area (Å²) in [5, 5.41) is 2.64. The van der Waals surface area contributed by atoms with Crippen LogP contribution in [0.25, 0.3) is 0 Å². The topological polar surface area (TPSA) is 29.1 Å². The van der Waals surface area contributed by atoms with Crippen LogP contribution in [-0.2, 0) is 4.79 Å². The van der Waals surface area contributed by atoms with Gasteiger partial charge in [0.1, 0.15) is 0 Å². The monoisotopic (exact) mass is 142 g/mol. The van der Waals surface area contributed by atoms with Gasteiger partial charge in [0.05, 0.1) is 0 Å². The van der Waals surface area contributed by atoms with E-state index in [9.17, 15) is 4.79 Å². The van der Waals surface area contributed by atoms with Crippen molar-refractivity contribution in [1.29, 1.82) is 0 Å². The highest BCUT2D eigenvalue weighted by atomic mass is 16.1. The van der Waals surface area contributed by atoms with Crippen molar-refractivity contribution in [2.24, 2.45) is 5.41 Å². The molecule has 1 N–H and O–H groups in total. The van der Waals surface area contributed by atoms with Crippen LogP contribution in [0.4, 0.5) is 0 Å². The van der Waals surface area contributed by atoms with E-state index >= 15 is 0 Å². The van der Waals surface area contributed by atoms with Crippen molar-refractivity contribution >= 4 is 5.91 Å². The summed E-state index contributed by atoms with van der Waals surface area (Å²) in [5.41, 5.74) is 0.0904. The van der Waals surface area contributed by atoms with Gasteiger partial charge in [-0.15, -0.1) is 0 Å². The standard InChI is InChI=1S/C8H16NO/c1-5-9-7(10)6-8(2,3)4/h5H,6H2,1-4H3,(H,9,10). The number of hydrogen-bond donors (Lipinski definition) is 1. The molecule has 0 saturated heterocycles. The maximum atomic E-state index is 10.9. The molecular formula is C8H16NO. The van der Waals surface area contributed by atoms with Gasteiger partial charge in [-0.3, -0.25) is 4.79 Å². The fourth-order valence-electron chi connectivity index (χ4n) is 0.694. The number of hydrogen-bond acceptors (Lipinski definition) is 1. The Kier molecular flexibility index (Phi) is 3.40. The zero-order valence-corrected chi connectivity index (χ0v) is 7.19. The highest BCUT2D eigenvalue weighted by Crippen LogP contribution is 2.17. The molecule has 2 heteroatoms. The first-order valence-corrected chi connectivity index (χ1v) is 3.53. The Morgan fingerprint density at radius 2 is 2.00 bits per heavy atom. The fraction of sp³-hybridized carbons (Fsp3) is 0.750. The van der Waals surface area contributed by atoms with Gasteiger partial charge in [-0.2, -0.15) is 0 Å². The molecule has 0 fully saturated rings. The van der Waals surface area contributed by atoms with Gasteiger partial charge in [0, 0.05) is 13.0 Å². The molecule has 0 spiro atoms. The minimum absolute atomic E-state index is 0.0904. The van der Waals surface area contributed by atoms with Crippen molar-refractivity contribution in [1.82, 2.24) is 5.32 Å². The Morgan fingerprint density at radius 1 is 1.50 bits per heavy atom. The normalized spacial score (nSPS) is 11.2. The number of amides is 1. The van der Waals surface area contributed by atoms with Crippen molar-refractivity contribution in [2.75, 3.05) is 0 Å². The van der Waals surface area contributed by atoms with Crippen molar-refractivity contribution in [3.8, 4) is 0 Å². The van der Waals surface area contributed by atoms with Gasteiger partial charge in [0.25, 0.3) is 0 Å². The molecule has 0 saturated carbocycles. The lowest BCUT2D eigenvalue weighted by Gasteiger charge is -2.16. The van der Waals surface area contributed by atoms with Crippen LogP contribution in [0, 0.1) is 12.0 Å². The second kappa shape index (κ2) is 3.59. The molecule has 59 valence electrons. The molecular weight excluding hydrogens is 126 g/mol. The lowest BCUT2D eigenvalue weighted by Crippen LogP contribution is -2.24. The van der Waals surface area contributed by atoms with E-state index in [-0.39, 0.29) is 11.3 Å². The first-order chi connectivity index (χ1) is 4.45. The minimum atomic E-state index is 0.0904. The molecule has 0 aliphatic heterocycles. The molecule has 0 aromatic rings. The van der Waals surface area contributed by atoms with E-state index in [1.807, 2.05) is 20.8 Å². The average molecular weight is 142 g/mol. The van der Waals surface area contributed by atoms with E-state index in [1.165, 1.54) is 0 Å². The third kappa shape index (κ3) is 5.60. The lowest BCUT2D eigenvalue weighted by molar-refractivity contribution is -0.122. The zero-order valence-electron chi connectivity index (χ0n) is 7.19. The summed E-state index contributed by atoms with van der Waals surface area (Å²) in [6, 6.07) is 0.